The van der Waals surface area contributed by atoms with Gasteiger partial charge < -0.3 is 4.74 Å². The molecule has 0 bridgehead atoms. The fourth-order valence-electron chi connectivity index (χ4n) is 5.23. The first-order valence-corrected chi connectivity index (χ1v) is 11.4. The van der Waals surface area contributed by atoms with Crippen LogP contribution in [0.1, 0.15) is 101 Å². The van der Waals surface area contributed by atoms with Crippen LogP contribution in [0.4, 0.5) is 0 Å². The van der Waals surface area contributed by atoms with Crippen LogP contribution in [0.2, 0.25) is 0 Å². The molecular formula is C25H37NO. The molecule has 2 saturated carbocycles. The molecule has 0 spiro atoms. The quantitative estimate of drug-likeness (QED) is 0.464. The van der Waals surface area contributed by atoms with Gasteiger partial charge in [-0.05, 0) is 74.0 Å². The zero-order chi connectivity index (χ0) is 18.9. The lowest BCUT2D eigenvalue weighted by Gasteiger charge is -2.30. The number of hydrogen-bond donors (Lipinski definition) is 0. The largest absolute Gasteiger partial charge is 0.378 e. The molecule has 2 aliphatic carbocycles. The fourth-order valence-corrected chi connectivity index (χ4v) is 5.23. The van der Waals surface area contributed by atoms with E-state index in [1.807, 2.05) is 12.1 Å². The first-order chi connectivity index (χ1) is 13.3. The Morgan fingerprint density at radius 2 is 1.52 bits per heavy atom. The second-order valence-electron chi connectivity index (χ2n) is 8.90. The van der Waals surface area contributed by atoms with Gasteiger partial charge in [0.05, 0.1) is 17.7 Å². The van der Waals surface area contributed by atoms with E-state index in [2.05, 4.69) is 25.1 Å². The SMILES string of the molecule is CCC[C@H]1CC[C@H](CCCO[C@H]2CC[C@H](c3ccc(C#N)cc3)CC2)CC1. The lowest BCUT2D eigenvalue weighted by molar-refractivity contribution is 0.0204. The molecule has 2 nitrogen and oxygen atoms in total. The Bertz CT molecular complexity index is 571. The van der Waals surface area contributed by atoms with Gasteiger partial charge in [-0.25, -0.2) is 0 Å². The van der Waals surface area contributed by atoms with Gasteiger partial charge in [-0.2, -0.15) is 5.26 Å². The van der Waals surface area contributed by atoms with Gasteiger partial charge in [0.1, 0.15) is 0 Å². The molecular weight excluding hydrogens is 330 g/mol. The highest BCUT2D eigenvalue weighted by Gasteiger charge is 2.23. The summed E-state index contributed by atoms with van der Waals surface area (Å²) in [6.07, 6.45) is 16.6. The van der Waals surface area contributed by atoms with Crippen LogP contribution >= 0.6 is 0 Å². The third-order valence-electron chi connectivity index (χ3n) is 6.96. The van der Waals surface area contributed by atoms with Crippen molar-refractivity contribution in [3.05, 3.63) is 35.4 Å². The minimum absolute atomic E-state index is 0.472. The molecule has 0 radical (unpaired) electrons. The van der Waals surface area contributed by atoms with Gasteiger partial charge in [0.25, 0.3) is 0 Å². The molecule has 1 aromatic rings. The number of nitriles is 1. The molecule has 1 aromatic carbocycles. The van der Waals surface area contributed by atoms with Gasteiger partial charge in [0.2, 0.25) is 0 Å². The molecule has 2 fully saturated rings. The number of benzene rings is 1. The van der Waals surface area contributed by atoms with Crippen LogP contribution in [0.3, 0.4) is 0 Å². The predicted octanol–water partition coefficient (Wildman–Crippen LogP) is 6.99. The van der Waals surface area contributed by atoms with Crippen molar-refractivity contribution in [3.8, 4) is 6.07 Å². The monoisotopic (exact) mass is 367 g/mol. The molecule has 0 amide bonds. The van der Waals surface area contributed by atoms with E-state index in [-0.39, 0.29) is 0 Å². The number of nitrogens with zero attached hydrogens (tertiary/aromatic N) is 1. The molecule has 27 heavy (non-hydrogen) atoms. The highest BCUT2D eigenvalue weighted by Crippen LogP contribution is 2.35. The zero-order valence-corrected chi connectivity index (χ0v) is 17.2. The van der Waals surface area contributed by atoms with Gasteiger partial charge in [0.15, 0.2) is 0 Å². The third kappa shape index (κ3) is 6.35. The molecule has 3 rings (SSSR count). The molecule has 0 N–H and O–H groups in total. The number of hydrogen-bond acceptors (Lipinski definition) is 2. The number of rotatable bonds is 8. The predicted molar refractivity (Wildman–Crippen MR) is 112 cm³/mol. The lowest BCUT2D eigenvalue weighted by atomic mass is 9.78. The second-order valence-corrected chi connectivity index (χ2v) is 8.90. The minimum atomic E-state index is 0.472. The fraction of sp³-hybridized carbons (Fsp3) is 0.720. The van der Waals surface area contributed by atoms with E-state index >= 15 is 0 Å². The Hall–Kier alpha value is -1.33. The maximum atomic E-state index is 8.93. The van der Waals surface area contributed by atoms with Gasteiger partial charge in [-0.15, -0.1) is 0 Å². The van der Waals surface area contributed by atoms with E-state index in [9.17, 15) is 0 Å². The molecule has 0 unspecified atom stereocenters. The molecule has 0 heterocycles. The van der Waals surface area contributed by atoms with Crippen molar-refractivity contribution in [1.29, 1.82) is 5.26 Å². The Kier molecular flexibility index (Phi) is 8.21. The van der Waals surface area contributed by atoms with Crippen molar-refractivity contribution < 1.29 is 4.74 Å². The van der Waals surface area contributed by atoms with Crippen LogP contribution in [0.5, 0.6) is 0 Å². The summed E-state index contributed by atoms with van der Waals surface area (Å²) in [5.41, 5.74) is 2.15. The maximum absolute atomic E-state index is 8.93. The van der Waals surface area contributed by atoms with Crippen LogP contribution in [0.25, 0.3) is 0 Å². The van der Waals surface area contributed by atoms with Crippen LogP contribution in [0, 0.1) is 23.2 Å². The van der Waals surface area contributed by atoms with Crippen molar-refractivity contribution in [2.24, 2.45) is 11.8 Å². The van der Waals surface area contributed by atoms with E-state index in [1.54, 1.807) is 0 Å². The van der Waals surface area contributed by atoms with E-state index in [1.165, 1.54) is 82.6 Å². The average Bonchev–Trinajstić information content (AvgIpc) is 2.73. The Morgan fingerprint density at radius 3 is 2.11 bits per heavy atom. The minimum Gasteiger partial charge on any atom is -0.378 e. The van der Waals surface area contributed by atoms with Crippen LogP contribution in [-0.4, -0.2) is 12.7 Å². The van der Waals surface area contributed by atoms with Gasteiger partial charge in [0, 0.05) is 6.61 Å². The first-order valence-electron chi connectivity index (χ1n) is 11.4. The van der Waals surface area contributed by atoms with Crippen molar-refractivity contribution in [2.75, 3.05) is 6.61 Å². The highest BCUT2D eigenvalue weighted by molar-refractivity contribution is 5.33. The highest BCUT2D eigenvalue weighted by atomic mass is 16.5. The smallest absolute Gasteiger partial charge is 0.0991 e. The molecule has 0 aliphatic heterocycles. The first kappa shape index (κ1) is 20.4. The van der Waals surface area contributed by atoms with Crippen molar-refractivity contribution >= 4 is 0 Å². The summed E-state index contributed by atoms with van der Waals surface area (Å²) in [6, 6.07) is 10.4. The van der Waals surface area contributed by atoms with Gasteiger partial charge in [-0.1, -0.05) is 57.6 Å². The average molecular weight is 368 g/mol. The Morgan fingerprint density at radius 1 is 0.889 bits per heavy atom. The third-order valence-corrected chi connectivity index (χ3v) is 6.96. The van der Waals surface area contributed by atoms with Gasteiger partial charge >= 0.3 is 0 Å². The molecule has 0 aromatic heterocycles. The summed E-state index contributed by atoms with van der Waals surface area (Å²) < 4.78 is 6.21. The Balaban J connectivity index is 1.27. The van der Waals surface area contributed by atoms with Crippen molar-refractivity contribution in [1.82, 2.24) is 0 Å². The summed E-state index contributed by atoms with van der Waals surface area (Å²) in [5, 5.41) is 8.93. The standard InChI is InChI=1S/C25H37NO/c1-2-4-20-6-8-21(9-7-20)5-3-18-27-25-16-14-24(15-17-25)23-12-10-22(19-26)11-13-23/h10-13,20-21,24-25H,2-9,14-18H2,1H3/t20-,21-,24-,25-. The Labute approximate surface area is 166 Å². The second kappa shape index (κ2) is 10.9. The summed E-state index contributed by atoms with van der Waals surface area (Å²) >= 11 is 0. The van der Waals surface area contributed by atoms with Crippen LogP contribution < -0.4 is 0 Å². The normalized spacial score (nSPS) is 28.6. The van der Waals surface area contributed by atoms with Gasteiger partial charge in [-0.3, -0.25) is 0 Å². The molecule has 2 heteroatoms. The molecule has 148 valence electrons. The van der Waals surface area contributed by atoms with E-state index in [0.29, 0.717) is 12.0 Å². The van der Waals surface area contributed by atoms with E-state index in [0.717, 1.165) is 24.0 Å². The molecule has 2 aliphatic rings. The lowest BCUT2D eigenvalue weighted by Crippen LogP contribution is -2.21. The summed E-state index contributed by atoms with van der Waals surface area (Å²) in [4.78, 5) is 0. The van der Waals surface area contributed by atoms with E-state index < -0.39 is 0 Å². The van der Waals surface area contributed by atoms with Crippen molar-refractivity contribution in [3.63, 3.8) is 0 Å². The van der Waals surface area contributed by atoms with Crippen LogP contribution in [0.15, 0.2) is 24.3 Å². The van der Waals surface area contributed by atoms with E-state index in [4.69, 9.17) is 10.00 Å². The molecule has 0 atom stereocenters. The molecule has 0 saturated heterocycles. The summed E-state index contributed by atoms with van der Waals surface area (Å²) in [5.74, 6) is 2.64. The summed E-state index contributed by atoms with van der Waals surface area (Å²) in [6.45, 7) is 3.28. The van der Waals surface area contributed by atoms with Crippen LogP contribution in [-0.2, 0) is 4.74 Å². The van der Waals surface area contributed by atoms with Crippen molar-refractivity contribution in [2.45, 2.75) is 96.0 Å². The topological polar surface area (TPSA) is 33.0 Å². The zero-order valence-electron chi connectivity index (χ0n) is 17.2. The number of ether oxygens (including phenoxy) is 1. The summed E-state index contributed by atoms with van der Waals surface area (Å²) in [7, 11) is 0. The maximum Gasteiger partial charge on any atom is 0.0991 e.